The Hall–Kier alpha value is -4.18. The summed E-state index contributed by atoms with van der Waals surface area (Å²) in [5.74, 6) is -1.60. The van der Waals surface area contributed by atoms with Crippen LogP contribution in [-0.4, -0.2) is 59.2 Å². The van der Waals surface area contributed by atoms with Gasteiger partial charge in [-0.15, -0.1) is 0 Å². The highest BCUT2D eigenvalue weighted by molar-refractivity contribution is 5.95. The third-order valence-electron chi connectivity index (χ3n) is 5.95. The molecule has 10 nitrogen and oxygen atoms in total. The molecule has 1 atom stereocenters. The number of nitrogens with one attached hydrogen (secondary N) is 2. The van der Waals surface area contributed by atoms with Crippen molar-refractivity contribution in [2.75, 3.05) is 25.6 Å². The van der Waals surface area contributed by atoms with Crippen molar-refractivity contribution in [2.24, 2.45) is 7.05 Å². The molecule has 3 N–H and O–H groups in total. The number of carbonyl (C=O) groups excluding carboxylic acids is 2. The second-order valence-corrected chi connectivity index (χ2v) is 8.10. The number of amides is 2. The number of rotatable bonds is 9. The average Bonchev–Trinajstić information content (AvgIpc) is 3.37. The van der Waals surface area contributed by atoms with E-state index in [1.807, 2.05) is 36.4 Å². The first-order valence-corrected chi connectivity index (χ1v) is 11.1. The van der Waals surface area contributed by atoms with Gasteiger partial charge in [0.15, 0.2) is 5.82 Å². The molecule has 2 aromatic carbocycles. The molecule has 0 aliphatic heterocycles. The molecule has 0 saturated heterocycles. The Morgan fingerprint density at radius 1 is 1.09 bits per heavy atom. The van der Waals surface area contributed by atoms with E-state index >= 15 is 0 Å². The molecule has 0 radical (unpaired) electrons. The third-order valence-corrected chi connectivity index (χ3v) is 5.95. The summed E-state index contributed by atoms with van der Waals surface area (Å²) in [7, 11) is 2.84. The quantitative estimate of drug-likeness (QED) is 0.431. The van der Waals surface area contributed by atoms with Crippen molar-refractivity contribution in [1.29, 1.82) is 0 Å². The van der Waals surface area contributed by atoms with Gasteiger partial charge in [-0.25, -0.2) is 9.59 Å². The number of aryl methyl sites for hydroxylation is 1. The van der Waals surface area contributed by atoms with Crippen molar-refractivity contribution in [3.8, 4) is 11.1 Å². The zero-order valence-corrected chi connectivity index (χ0v) is 19.4. The number of hydrogen-bond acceptors (Lipinski definition) is 6. The molecule has 4 rings (SSSR count). The van der Waals surface area contributed by atoms with E-state index < -0.39 is 24.1 Å². The number of nitrogens with zero attached hydrogens (tertiary/aromatic N) is 2. The van der Waals surface area contributed by atoms with Gasteiger partial charge in [0, 0.05) is 39.1 Å². The van der Waals surface area contributed by atoms with Crippen LogP contribution in [0.4, 0.5) is 10.6 Å². The van der Waals surface area contributed by atoms with Gasteiger partial charge in [0.25, 0.3) is 5.91 Å². The molecule has 1 heterocycles. The number of carboxylic acid groups (broad SMARTS) is 1. The van der Waals surface area contributed by atoms with Gasteiger partial charge >= 0.3 is 12.1 Å². The van der Waals surface area contributed by atoms with Gasteiger partial charge in [0.05, 0.1) is 0 Å². The number of ether oxygens (including phenoxy) is 2. The standard InChI is InChI=1S/C25H26N4O6/c1-29-20(24(31)32)13-22(28-29)27-23(30)21(34-2)11-12-26-25(33)35-14-19-17-9-5-3-7-15(17)16-8-4-6-10-18(16)19/h3-10,13,19,21H,11-12,14H2,1-2H3,(H,26,33)(H,31,32)(H,27,28,30). The maximum absolute atomic E-state index is 12.5. The predicted octanol–water partition coefficient (Wildman–Crippen LogP) is 3.00. The van der Waals surface area contributed by atoms with Crippen LogP contribution < -0.4 is 10.6 Å². The van der Waals surface area contributed by atoms with E-state index in [4.69, 9.17) is 14.6 Å². The summed E-state index contributed by atoms with van der Waals surface area (Å²) in [5.41, 5.74) is 4.48. The Morgan fingerprint density at radius 2 is 1.71 bits per heavy atom. The molecule has 182 valence electrons. The third kappa shape index (κ3) is 5.17. The summed E-state index contributed by atoms with van der Waals surface area (Å²) in [6, 6.07) is 17.4. The molecule has 0 fully saturated rings. The SMILES string of the molecule is COC(CCNC(=O)OCC1c2ccccc2-c2ccccc21)C(=O)Nc1cc(C(=O)O)n(C)n1. The van der Waals surface area contributed by atoms with Crippen LogP contribution in [0.5, 0.6) is 0 Å². The van der Waals surface area contributed by atoms with E-state index in [-0.39, 0.29) is 37.0 Å². The lowest BCUT2D eigenvalue weighted by Gasteiger charge is -2.16. The molecule has 1 aliphatic carbocycles. The van der Waals surface area contributed by atoms with E-state index in [0.717, 1.165) is 26.9 Å². The molecule has 0 saturated carbocycles. The maximum Gasteiger partial charge on any atom is 0.407 e. The first kappa shape index (κ1) is 24.0. The van der Waals surface area contributed by atoms with Gasteiger partial charge in [0.2, 0.25) is 0 Å². The van der Waals surface area contributed by atoms with Crippen LogP contribution in [0.2, 0.25) is 0 Å². The van der Waals surface area contributed by atoms with E-state index in [1.165, 1.54) is 20.2 Å². The fourth-order valence-electron chi connectivity index (χ4n) is 4.25. The first-order chi connectivity index (χ1) is 16.9. The van der Waals surface area contributed by atoms with E-state index in [9.17, 15) is 14.4 Å². The normalized spacial score (nSPS) is 13.0. The summed E-state index contributed by atoms with van der Waals surface area (Å²) in [4.78, 5) is 35.9. The van der Waals surface area contributed by atoms with Gasteiger partial charge in [-0.3, -0.25) is 9.48 Å². The van der Waals surface area contributed by atoms with Gasteiger partial charge in [-0.1, -0.05) is 48.5 Å². The molecular formula is C25H26N4O6. The lowest BCUT2D eigenvalue weighted by Crippen LogP contribution is -2.35. The zero-order chi connectivity index (χ0) is 24.9. The van der Waals surface area contributed by atoms with Crippen molar-refractivity contribution in [3.05, 3.63) is 71.4 Å². The van der Waals surface area contributed by atoms with Crippen LogP contribution in [0.1, 0.15) is 34.0 Å². The van der Waals surface area contributed by atoms with E-state index in [1.54, 1.807) is 0 Å². The summed E-state index contributed by atoms with van der Waals surface area (Å²) in [6.45, 7) is 0.338. The number of anilines is 1. The van der Waals surface area contributed by atoms with E-state index in [2.05, 4.69) is 27.9 Å². The van der Waals surface area contributed by atoms with Crippen molar-refractivity contribution in [2.45, 2.75) is 18.4 Å². The lowest BCUT2D eigenvalue weighted by atomic mass is 9.98. The first-order valence-electron chi connectivity index (χ1n) is 11.1. The highest BCUT2D eigenvalue weighted by atomic mass is 16.5. The Morgan fingerprint density at radius 3 is 2.29 bits per heavy atom. The van der Waals surface area contributed by atoms with Crippen LogP contribution in [0.25, 0.3) is 11.1 Å². The van der Waals surface area contributed by atoms with Crippen LogP contribution in [0.15, 0.2) is 54.6 Å². The molecule has 0 bridgehead atoms. The number of aromatic carboxylic acids is 1. The van der Waals surface area contributed by atoms with Crippen molar-refractivity contribution >= 4 is 23.8 Å². The summed E-state index contributed by atoms with van der Waals surface area (Å²) >= 11 is 0. The summed E-state index contributed by atoms with van der Waals surface area (Å²) in [6.07, 6.45) is -1.28. The smallest absolute Gasteiger partial charge is 0.407 e. The van der Waals surface area contributed by atoms with Crippen molar-refractivity contribution in [1.82, 2.24) is 15.1 Å². The van der Waals surface area contributed by atoms with Gasteiger partial charge in [-0.2, -0.15) is 5.10 Å². The van der Waals surface area contributed by atoms with Crippen molar-refractivity contribution < 1.29 is 29.0 Å². The molecule has 0 spiro atoms. The maximum atomic E-state index is 12.5. The number of fused-ring (bicyclic) bond motifs is 3. The van der Waals surface area contributed by atoms with Crippen LogP contribution >= 0.6 is 0 Å². The van der Waals surface area contributed by atoms with Gasteiger partial charge < -0.3 is 25.2 Å². The number of methoxy groups -OCH3 is 1. The largest absolute Gasteiger partial charge is 0.477 e. The topological polar surface area (TPSA) is 132 Å². The highest BCUT2D eigenvalue weighted by Crippen LogP contribution is 2.44. The number of alkyl carbamates (subject to hydrolysis) is 1. The summed E-state index contributed by atoms with van der Waals surface area (Å²) < 4.78 is 11.9. The van der Waals surface area contributed by atoms with Gasteiger partial charge in [0.1, 0.15) is 18.4 Å². The lowest BCUT2D eigenvalue weighted by molar-refractivity contribution is -0.126. The Balaban J connectivity index is 1.27. The number of benzene rings is 2. The zero-order valence-electron chi connectivity index (χ0n) is 19.4. The molecule has 3 aromatic rings. The minimum atomic E-state index is -1.16. The Labute approximate surface area is 201 Å². The number of aromatic nitrogens is 2. The minimum Gasteiger partial charge on any atom is -0.477 e. The fraction of sp³-hybridized carbons (Fsp3) is 0.280. The fourth-order valence-corrected chi connectivity index (χ4v) is 4.25. The Bertz CT molecular complexity index is 1210. The second-order valence-electron chi connectivity index (χ2n) is 8.10. The molecule has 2 amide bonds. The number of hydrogen-bond donors (Lipinski definition) is 3. The number of carboxylic acids is 1. The van der Waals surface area contributed by atoms with Crippen molar-refractivity contribution in [3.63, 3.8) is 0 Å². The molecule has 10 heteroatoms. The predicted molar refractivity (Wildman–Crippen MR) is 127 cm³/mol. The van der Waals surface area contributed by atoms with Crippen LogP contribution in [0, 0.1) is 0 Å². The minimum absolute atomic E-state index is 0.0419. The Kier molecular flexibility index (Phi) is 7.11. The average molecular weight is 479 g/mol. The van der Waals surface area contributed by atoms with Crippen LogP contribution in [-0.2, 0) is 21.3 Å². The summed E-state index contributed by atoms with van der Waals surface area (Å²) in [5, 5.41) is 18.2. The monoisotopic (exact) mass is 478 g/mol. The number of carbonyl (C=O) groups is 3. The molecular weight excluding hydrogens is 452 g/mol. The molecule has 1 aliphatic rings. The van der Waals surface area contributed by atoms with Crippen LogP contribution in [0.3, 0.4) is 0 Å². The molecule has 35 heavy (non-hydrogen) atoms. The molecule has 1 unspecified atom stereocenters. The highest BCUT2D eigenvalue weighted by Gasteiger charge is 2.29. The van der Waals surface area contributed by atoms with Gasteiger partial charge in [-0.05, 0) is 22.3 Å². The second kappa shape index (κ2) is 10.4. The van der Waals surface area contributed by atoms with E-state index in [0.29, 0.717) is 0 Å². The molecule has 1 aromatic heterocycles.